The van der Waals surface area contributed by atoms with Gasteiger partial charge in [0.2, 0.25) is 0 Å². The average Bonchev–Trinajstić information content (AvgIpc) is 2.17. The van der Waals surface area contributed by atoms with Crippen LogP contribution >= 0.6 is 12.6 Å². The van der Waals surface area contributed by atoms with Gasteiger partial charge in [0.15, 0.2) is 0 Å². The minimum atomic E-state index is 0.297. The van der Waals surface area contributed by atoms with Gasteiger partial charge in [0.1, 0.15) is 0 Å². The molecule has 4 heteroatoms. The van der Waals surface area contributed by atoms with Crippen LogP contribution in [-0.4, -0.2) is 0 Å². The molecule has 0 bridgehead atoms. The third-order valence-electron chi connectivity index (χ3n) is 1.87. The summed E-state index contributed by atoms with van der Waals surface area (Å²) in [6, 6.07) is 0. The summed E-state index contributed by atoms with van der Waals surface area (Å²) in [5, 5.41) is 0. The summed E-state index contributed by atoms with van der Waals surface area (Å²) in [6.07, 6.45) is 4.53. The molecule has 0 amide bonds. The summed E-state index contributed by atoms with van der Waals surface area (Å²) in [5.74, 6) is 0. The summed E-state index contributed by atoms with van der Waals surface area (Å²) < 4.78 is 0. The van der Waals surface area contributed by atoms with Gasteiger partial charge in [-0.1, -0.05) is 25.7 Å². The van der Waals surface area contributed by atoms with Crippen LogP contribution in [-0.2, 0) is 0 Å². The Bertz CT molecular complexity index is 338. The molecule has 6 N–H and O–H groups in total. The second-order valence-electron chi connectivity index (χ2n) is 3.06. The molecule has 0 unspecified atom stereocenters. The Morgan fingerprint density at radius 1 is 1.33 bits per heavy atom. The average molecular weight is 225 g/mol. The molecule has 0 radical (unpaired) electrons. The predicted molar refractivity (Wildman–Crippen MR) is 69.8 cm³/mol. The maximum atomic E-state index is 5.82. The van der Waals surface area contributed by atoms with E-state index in [4.69, 9.17) is 17.2 Å². The van der Waals surface area contributed by atoms with Crippen LogP contribution in [0.1, 0.15) is 20.3 Å². The number of allylic oxidation sites excluding steroid dienone is 3. The van der Waals surface area contributed by atoms with Crippen LogP contribution in [0.4, 0.5) is 0 Å². The number of rotatable bonds is 4. The topological polar surface area (TPSA) is 78.1 Å². The lowest BCUT2D eigenvalue weighted by Gasteiger charge is -2.12. The Morgan fingerprint density at radius 2 is 1.87 bits per heavy atom. The first-order chi connectivity index (χ1) is 6.95. The van der Waals surface area contributed by atoms with Crippen molar-refractivity contribution in [1.82, 2.24) is 0 Å². The predicted octanol–water partition coefficient (Wildman–Crippen LogP) is 1.76. The highest BCUT2D eigenvalue weighted by Gasteiger charge is 2.10. The van der Waals surface area contributed by atoms with Crippen LogP contribution in [0.2, 0.25) is 0 Å². The van der Waals surface area contributed by atoms with Crippen LogP contribution < -0.4 is 17.2 Å². The monoisotopic (exact) mass is 225 g/mol. The molecule has 0 saturated heterocycles. The van der Waals surface area contributed by atoms with Gasteiger partial charge in [0.05, 0.1) is 5.70 Å². The zero-order valence-electron chi connectivity index (χ0n) is 9.25. The van der Waals surface area contributed by atoms with Crippen molar-refractivity contribution in [3.63, 3.8) is 0 Å². The minimum Gasteiger partial charge on any atom is -0.398 e. The number of thiol groups is 1. The van der Waals surface area contributed by atoms with Crippen LogP contribution in [0.5, 0.6) is 0 Å². The summed E-state index contributed by atoms with van der Waals surface area (Å²) in [5.41, 5.74) is 19.0. The first-order valence-corrected chi connectivity index (χ1v) is 5.16. The van der Waals surface area contributed by atoms with Gasteiger partial charge >= 0.3 is 0 Å². The number of nitrogens with two attached hydrogens (primary N) is 3. The lowest BCUT2D eigenvalue weighted by molar-refractivity contribution is 1.16. The van der Waals surface area contributed by atoms with Gasteiger partial charge in [0, 0.05) is 21.9 Å². The van der Waals surface area contributed by atoms with E-state index in [2.05, 4.69) is 19.2 Å². The van der Waals surface area contributed by atoms with Crippen LogP contribution in [0.3, 0.4) is 0 Å². The second-order valence-corrected chi connectivity index (χ2v) is 3.54. The molecule has 0 rings (SSSR count). The fraction of sp³-hybridized carbons (Fsp3) is 0.273. The van der Waals surface area contributed by atoms with Crippen LogP contribution in [0.15, 0.2) is 46.3 Å². The molecule has 15 heavy (non-hydrogen) atoms. The SMILES string of the molecule is C=C(N)/C(N)=C(C(\N)=C/C)/C(S)=C\CC. The van der Waals surface area contributed by atoms with Crippen molar-refractivity contribution in [2.45, 2.75) is 20.3 Å². The van der Waals surface area contributed by atoms with E-state index in [-0.39, 0.29) is 0 Å². The van der Waals surface area contributed by atoms with E-state index in [0.717, 1.165) is 11.3 Å². The molecular formula is C11H19N3S. The summed E-state index contributed by atoms with van der Waals surface area (Å²) >= 11 is 4.34. The minimum absolute atomic E-state index is 0.297. The first-order valence-electron chi connectivity index (χ1n) is 4.71. The Kier molecular flexibility index (Phi) is 5.70. The van der Waals surface area contributed by atoms with Crippen molar-refractivity contribution < 1.29 is 0 Å². The third-order valence-corrected chi connectivity index (χ3v) is 2.27. The molecule has 0 atom stereocenters. The molecule has 84 valence electrons. The summed E-state index contributed by atoms with van der Waals surface area (Å²) in [7, 11) is 0. The van der Waals surface area contributed by atoms with Crippen molar-refractivity contribution in [2.75, 3.05) is 0 Å². The van der Waals surface area contributed by atoms with Gasteiger partial charge in [-0.05, 0) is 13.3 Å². The lowest BCUT2D eigenvalue weighted by Crippen LogP contribution is -2.15. The van der Waals surface area contributed by atoms with Crippen molar-refractivity contribution >= 4 is 12.6 Å². The second kappa shape index (κ2) is 6.24. The molecule has 0 aliphatic carbocycles. The van der Waals surface area contributed by atoms with Gasteiger partial charge in [-0.25, -0.2) is 0 Å². The molecule has 3 nitrogen and oxygen atoms in total. The van der Waals surface area contributed by atoms with Gasteiger partial charge in [-0.2, -0.15) is 0 Å². The van der Waals surface area contributed by atoms with Crippen LogP contribution in [0, 0.1) is 0 Å². The largest absolute Gasteiger partial charge is 0.398 e. The summed E-state index contributed by atoms with van der Waals surface area (Å²) in [4.78, 5) is 0.720. The molecule has 0 aromatic carbocycles. The maximum Gasteiger partial charge on any atom is 0.0647 e. The molecular weight excluding hydrogens is 206 g/mol. The zero-order valence-corrected chi connectivity index (χ0v) is 10.1. The summed E-state index contributed by atoms with van der Waals surface area (Å²) in [6.45, 7) is 7.42. The van der Waals surface area contributed by atoms with Crippen LogP contribution in [0.25, 0.3) is 0 Å². The van der Waals surface area contributed by atoms with Gasteiger partial charge in [0.25, 0.3) is 0 Å². The first kappa shape index (κ1) is 13.7. The van der Waals surface area contributed by atoms with E-state index in [1.165, 1.54) is 0 Å². The Morgan fingerprint density at radius 3 is 2.20 bits per heavy atom. The molecule has 0 fully saturated rings. The van der Waals surface area contributed by atoms with Gasteiger partial charge in [-0.3, -0.25) is 0 Å². The Hall–Kier alpha value is -1.29. The highest BCUT2D eigenvalue weighted by molar-refractivity contribution is 7.84. The normalized spacial score (nSPS) is 14.9. The standard InChI is InChI=1S/C11H19N3S/c1-4-6-9(15)10(8(13)5-2)11(14)7(3)12/h5-6,15H,3-4,12-14H2,1-2H3/b8-5+,9-6+,11-10-. The quantitative estimate of drug-likeness (QED) is 0.435. The van der Waals surface area contributed by atoms with E-state index in [1.54, 1.807) is 6.08 Å². The Labute approximate surface area is 96.8 Å². The molecule has 0 aliphatic heterocycles. The number of hydrogen-bond donors (Lipinski definition) is 4. The highest BCUT2D eigenvalue weighted by atomic mass is 32.1. The van der Waals surface area contributed by atoms with Gasteiger partial charge < -0.3 is 17.2 Å². The van der Waals surface area contributed by atoms with E-state index in [9.17, 15) is 0 Å². The van der Waals surface area contributed by atoms with Crippen molar-refractivity contribution in [3.05, 3.63) is 46.3 Å². The van der Waals surface area contributed by atoms with Gasteiger partial charge in [-0.15, -0.1) is 12.6 Å². The van der Waals surface area contributed by atoms with E-state index in [0.29, 0.717) is 22.7 Å². The zero-order chi connectivity index (χ0) is 12.0. The highest BCUT2D eigenvalue weighted by Crippen LogP contribution is 2.23. The van der Waals surface area contributed by atoms with Crippen molar-refractivity contribution in [1.29, 1.82) is 0 Å². The lowest BCUT2D eigenvalue weighted by atomic mass is 10.1. The van der Waals surface area contributed by atoms with Crippen molar-refractivity contribution in [2.24, 2.45) is 17.2 Å². The smallest absolute Gasteiger partial charge is 0.0647 e. The van der Waals surface area contributed by atoms with Crippen molar-refractivity contribution in [3.8, 4) is 0 Å². The fourth-order valence-corrected chi connectivity index (χ4v) is 1.47. The maximum absolute atomic E-state index is 5.82. The van der Waals surface area contributed by atoms with E-state index < -0.39 is 0 Å². The third kappa shape index (κ3) is 3.75. The molecule has 0 aromatic rings. The Balaban J connectivity index is 5.55. The van der Waals surface area contributed by atoms with E-state index >= 15 is 0 Å². The fourth-order valence-electron chi connectivity index (χ4n) is 1.04. The molecule has 0 saturated carbocycles. The molecule has 0 spiro atoms. The van der Waals surface area contributed by atoms with E-state index in [1.807, 2.05) is 19.9 Å². The molecule has 0 aliphatic rings. The number of hydrogen-bond acceptors (Lipinski definition) is 4. The molecule has 0 heterocycles. The molecule has 0 aromatic heterocycles.